The first-order valence-corrected chi connectivity index (χ1v) is 6.70. The lowest BCUT2D eigenvalue weighted by Crippen LogP contribution is -2.41. The van der Waals surface area contributed by atoms with Gasteiger partial charge < -0.3 is 14.4 Å². The highest BCUT2D eigenvalue weighted by Gasteiger charge is 2.40. The van der Waals surface area contributed by atoms with E-state index in [4.69, 9.17) is 9.47 Å². The number of ketones is 1. The Hall–Kier alpha value is -2.11. The third-order valence-corrected chi connectivity index (χ3v) is 3.21. The Bertz CT molecular complexity index is 555. The van der Waals surface area contributed by atoms with Crippen molar-refractivity contribution in [1.82, 2.24) is 4.90 Å². The molecule has 0 aliphatic carbocycles. The second-order valence-corrected chi connectivity index (χ2v) is 6.54. The quantitative estimate of drug-likeness (QED) is 0.412. The zero-order chi connectivity index (χ0) is 16.0. The van der Waals surface area contributed by atoms with E-state index in [1.54, 1.807) is 6.20 Å². The van der Waals surface area contributed by atoms with E-state index >= 15 is 0 Å². The summed E-state index contributed by atoms with van der Waals surface area (Å²) in [7, 11) is 0. The van der Waals surface area contributed by atoms with Gasteiger partial charge in [-0.05, 0) is 26.8 Å². The number of hydrogen-bond acceptors (Lipinski definition) is 6. The number of cyclic esters (lactones) is 2. The molecule has 0 N–H and O–H groups in total. The summed E-state index contributed by atoms with van der Waals surface area (Å²) in [4.78, 5) is 37.5. The third-order valence-electron chi connectivity index (χ3n) is 3.21. The van der Waals surface area contributed by atoms with Gasteiger partial charge in [0.05, 0.1) is 6.54 Å². The van der Waals surface area contributed by atoms with Crippen LogP contribution in [0.2, 0.25) is 0 Å². The van der Waals surface area contributed by atoms with Crippen LogP contribution in [-0.2, 0) is 23.9 Å². The number of rotatable bonds is 1. The fourth-order valence-electron chi connectivity index (χ4n) is 2.01. The van der Waals surface area contributed by atoms with Crippen LogP contribution in [0.3, 0.4) is 0 Å². The lowest BCUT2D eigenvalue weighted by atomic mass is 10.1. The predicted molar refractivity (Wildman–Crippen MR) is 73.9 cm³/mol. The van der Waals surface area contributed by atoms with Gasteiger partial charge in [-0.2, -0.15) is 0 Å². The molecule has 0 spiro atoms. The summed E-state index contributed by atoms with van der Waals surface area (Å²) < 4.78 is 9.99. The molecular weight excluding hydrogens is 274 g/mol. The Kier molecular flexibility index (Phi) is 3.43. The van der Waals surface area contributed by atoms with E-state index in [2.05, 4.69) is 0 Å². The zero-order valence-corrected chi connectivity index (χ0v) is 12.9. The lowest BCUT2D eigenvalue weighted by molar-refractivity contribution is -0.222. The van der Waals surface area contributed by atoms with E-state index in [0.717, 1.165) is 0 Å². The Morgan fingerprint density at radius 2 is 1.67 bits per heavy atom. The zero-order valence-electron chi connectivity index (χ0n) is 12.9. The minimum atomic E-state index is -1.28. The van der Waals surface area contributed by atoms with Crippen molar-refractivity contribution in [3.63, 3.8) is 0 Å². The maximum atomic E-state index is 12.0. The van der Waals surface area contributed by atoms with Crippen LogP contribution in [0, 0.1) is 0 Å². The molecule has 6 heteroatoms. The number of esters is 2. The van der Waals surface area contributed by atoms with Crippen LogP contribution in [0.5, 0.6) is 0 Å². The van der Waals surface area contributed by atoms with Crippen LogP contribution in [0.4, 0.5) is 0 Å². The summed E-state index contributed by atoms with van der Waals surface area (Å²) >= 11 is 0. The maximum Gasteiger partial charge on any atom is 0.348 e. The van der Waals surface area contributed by atoms with Gasteiger partial charge in [0.1, 0.15) is 5.57 Å². The molecule has 114 valence electrons. The monoisotopic (exact) mass is 293 g/mol. The van der Waals surface area contributed by atoms with E-state index in [0.29, 0.717) is 5.57 Å². The molecule has 21 heavy (non-hydrogen) atoms. The van der Waals surface area contributed by atoms with Crippen molar-refractivity contribution in [3.05, 3.63) is 23.4 Å². The topological polar surface area (TPSA) is 72.9 Å². The van der Waals surface area contributed by atoms with Crippen molar-refractivity contribution < 1.29 is 23.9 Å². The molecule has 0 aromatic heterocycles. The van der Waals surface area contributed by atoms with E-state index in [-0.39, 0.29) is 23.4 Å². The van der Waals surface area contributed by atoms with Gasteiger partial charge >= 0.3 is 11.9 Å². The standard InChI is InChI=1S/C15H19NO5/c1-14(2,3)16-7-9(11(17)8-16)6-10-12(18)20-15(4,5)21-13(10)19/h6-7H,8H2,1-5H3. The lowest BCUT2D eigenvalue weighted by Gasteiger charge is -2.30. The summed E-state index contributed by atoms with van der Waals surface area (Å²) in [6, 6.07) is 0. The molecule has 0 atom stereocenters. The third kappa shape index (κ3) is 3.15. The number of ether oxygens (including phenoxy) is 2. The number of carbonyl (C=O) groups is 3. The van der Waals surface area contributed by atoms with Gasteiger partial charge in [0.25, 0.3) is 5.79 Å². The summed E-state index contributed by atoms with van der Waals surface area (Å²) in [5.41, 5.74) is -0.177. The molecule has 0 aromatic rings. The molecule has 6 nitrogen and oxygen atoms in total. The van der Waals surface area contributed by atoms with Crippen molar-refractivity contribution in [2.45, 2.75) is 45.9 Å². The molecule has 0 saturated carbocycles. The summed E-state index contributed by atoms with van der Waals surface area (Å²) in [6.45, 7) is 9.08. The fraction of sp³-hybridized carbons (Fsp3) is 0.533. The summed E-state index contributed by atoms with van der Waals surface area (Å²) in [6.07, 6.45) is 2.89. The minimum absolute atomic E-state index is 0.150. The highest BCUT2D eigenvalue weighted by atomic mass is 16.7. The van der Waals surface area contributed by atoms with Gasteiger partial charge in [0.2, 0.25) is 0 Å². The molecule has 2 aliphatic rings. The molecule has 0 radical (unpaired) electrons. The van der Waals surface area contributed by atoms with Crippen molar-refractivity contribution >= 4 is 17.7 Å². The molecule has 2 aliphatic heterocycles. The normalized spacial score (nSPS) is 22.0. The van der Waals surface area contributed by atoms with Crippen molar-refractivity contribution in [2.75, 3.05) is 6.54 Å². The maximum absolute atomic E-state index is 12.0. The van der Waals surface area contributed by atoms with Crippen molar-refractivity contribution in [2.24, 2.45) is 0 Å². The Balaban J connectivity index is 2.30. The first kappa shape index (κ1) is 15.3. The number of hydrogen-bond donors (Lipinski definition) is 0. The average Bonchev–Trinajstić information content (AvgIpc) is 2.63. The summed E-state index contributed by atoms with van der Waals surface area (Å²) in [5, 5.41) is 0. The molecule has 0 amide bonds. The van der Waals surface area contributed by atoms with E-state index in [9.17, 15) is 14.4 Å². The Morgan fingerprint density at radius 3 is 2.10 bits per heavy atom. The van der Waals surface area contributed by atoms with Crippen LogP contribution in [0.25, 0.3) is 0 Å². The fourth-order valence-corrected chi connectivity index (χ4v) is 2.01. The highest BCUT2D eigenvalue weighted by Crippen LogP contribution is 2.26. The van der Waals surface area contributed by atoms with E-state index in [1.165, 1.54) is 19.9 Å². The Morgan fingerprint density at radius 1 is 1.14 bits per heavy atom. The number of nitrogens with zero attached hydrogens (tertiary/aromatic N) is 1. The van der Waals surface area contributed by atoms with Gasteiger partial charge in [-0.25, -0.2) is 9.59 Å². The number of allylic oxidation sites excluding steroid dienone is 1. The van der Waals surface area contributed by atoms with Gasteiger partial charge in [0, 0.05) is 31.2 Å². The first-order valence-electron chi connectivity index (χ1n) is 6.70. The molecular formula is C15H19NO5. The minimum Gasteiger partial charge on any atom is -0.419 e. The largest absolute Gasteiger partial charge is 0.419 e. The van der Waals surface area contributed by atoms with Gasteiger partial charge in [0.15, 0.2) is 5.78 Å². The van der Waals surface area contributed by atoms with Crippen LogP contribution < -0.4 is 0 Å². The smallest absolute Gasteiger partial charge is 0.348 e. The van der Waals surface area contributed by atoms with Gasteiger partial charge in [-0.1, -0.05) is 0 Å². The molecule has 0 unspecified atom stereocenters. The highest BCUT2D eigenvalue weighted by molar-refractivity contribution is 6.17. The van der Waals surface area contributed by atoms with Crippen molar-refractivity contribution in [3.8, 4) is 0 Å². The number of Topliss-reactive ketones (excluding diaryl/α,β-unsaturated/α-hetero) is 1. The van der Waals surface area contributed by atoms with Crippen molar-refractivity contribution in [1.29, 1.82) is 0 Å². The molecule has 2 heterocycles. The van der Waals surface area contributed by atoms with E-state index < -0.39 is 17.7 Å². The second-order valence-electron chi connectivity index (χ2n) is 6.54. The van der Waals surface area contributed by atoms with Crippen LogP contribution >= 0.6 is 0 Å². The average molecular weight is 293 g/mol. The SMILES string of the molecule is CC1(C)OC(=O)C(=CC2=CN(C(C)(C)C)CC2=O)C(=O)O1. The molecule has 1 fully saturated rings. The number of carbonyl (C=O) groups excluding carboxylic acids is 3. The first-order chi connectivity index (χ1) is 9.49. The van der Waals surface area contributed by atoms with Gasteiger partial charge in [-0.3, -0.25) is 4.79 Å². The van der Waals surface area contributed by atoms with Gasteiger partial charge in [-0.15, -0.1) is 0 Å². The summed E-state index contributed by atoms with van der Waals surface area (Å²) in [5.74, 6) is -2.99. The van der Waals surface area contributed by atoms with Crippen LogP contribution in [0.1, 0.15) is 34.6 Å². The van der Waals surface area contributed by atoms with Crippen LogP contribution in [0.15, 0.2) is 23.4 Å². The molecule has 0 bridgehead atoms. The Labute approximate surface area is 123 Å². The predicted octanol–water partition coefficient (Wildman–Crippen LogP) is 1.32. The second kappa shape index (κ2) is 4.72. The van der Waals surface area contributed by atoms with Crippen LogP contribution in [-0.4, -0.2) is 40.5 Å². The molecule has 2 rings (SSSR count). The van der Waals surface area contributed by atoms with E-state index in [1.807, 2.05) is 25.7 Å². The molecule has 0 aromatic carbocycles. The molecule has 1 saturated heterocycles.